The number of aryl methyl sites for hydroxylation is 2. The highest BCUT2D eigenvalue weighted by molar-refractivity contribution is 5.80. The molecule has 106 valence electrons. The van der Waals surface area contributed by atoms with Gasteiger partial charge in [-0.3, -0.25) is 4.79 Å². The van der Waals surface area contributed by atoms with E-state index in [-0.39, 0.29) is 5.91 Å². The Hall–Kier alpha value is -1.75. The summed E-state index contributed by atoms with van der Waals surface area (Å²) in [6.07, 6.45) is -0.557. The van der Waals surface area contributed by atoms with E-state index in [1.54, 1.807) is 14.0 Å². The van der Waals surface area contributed by atoms with Crippen molar-refractivity contribution in [3.8, 4) is 5.75 Å². The average molecular weight is 266 g/mol. The van der Waals surface area contributed by atoms with E-state index in [9.17, 15) is 4.79 Å². The number of ether oxygens (including phenoxy) is 2. The first-order valence-corrected chi connectivity index (χ1v) is 6.25. The Morgan fingerprint density at radius 1 is 1.37 bits per heavy atom. The lowest BCUT2D eigenvalue weighted by Crippen LogP contribution is -2.38. The van der Waals surface area contributed by atoms with Gasteiger partial charge in [-0.15, -0.1) is 0 Å². The minimum absolute atomic E-state index is 0.161. The number of carbonyl (C=O) groups excluding carboxylic acids is 1. The van der Waals surface area contributed by atoms with Gasteiger partial charge in [0.25, 0.3) is 5.91 Å². The molecular weight excluding hydrogens is 244 g/mol. The molecule has 1 atom stereocenters. The van der Waals surface area contributed by atoms with Gasteiger partial charge in [0, 0.05) is 19.3 Å². The van der Waals surface area contributed by atoms with Gasteiger partial charge in [-0.1, -0.05) is 0 Å². The Balaban J connectivity index is 2.63. The molecule has 0 radical (unpaired) electrons. The number of nitrogen functional groups attached to an aromatic ring is 1. The zero-order valence-electron chi connectivity index (χ0n) is 11.9. The molecule has 1 amide bonds. The van der Waals surface area contributed by atoms with Crippen LogP contribution < -0.4 is 15.8 Å². The van der Waals surface area contributed by atoms with E-state index in [1.807, 2.05) is 26.0 Å². The zero-order valence-corrected chi connectivity index (χ0v) is 11.9. The number of rotatable bonds is 6. The molecule has 1 rings (SSSR count). The van der Waals surface area contributed by atoms with Gasteiger partial charge in [0.05, 0.1) is 6.61 Å². The first-order valence-electron chi connectivity index (χ1n) is 6.25. The van der Waals surface area contributed by atoms with Gasteiger partial charge in [0.1, 0.15) is 5.75 Å². The summed E-state index contributed by atoms with van der Waals surface area (Å²) < 4.78 is 10.5. The lowest BCUT2D eigenvalue weighted by Gasteiger charge is -2.17. The summed E-state index contributed by atoms with van der Waals surface area (Å²) in [5.41, 5.74) is 8.39. The number of benzene rings is 1. The lowest BCUT2D eigenvalue weighted by molar-refractivity contribution is -0.127. The van der Waals surface area contributed by atoms with Crippen LogP contribution in [-0.2, 0) is 9.53 Å². The molecule has 0 bridgehead atoms. The quantitative estimate of drug-likeness (QED) is 0.603. The number of anilines is 1. The zero-order chi connectivity index (χ0) is 14.4. The average Bonchev–Trinajstić information content (AvgIpc) is 2.36. The molecule has 0 spiro atoms. The van der Waals surface area contributed by atoms with Crippen molar-refractivity contribution in [2.45, 2.75) is 26.9 Å². The number of hydrogen-bond acceptors (Lipinski definition) is 4. The number of carbonyl (C=O) groups is 1. The third kappa shape index (κ3) is 4.44. The number of hydrogen-bond donors (Lipinski definition) is 2. The van der Waals surface area contributed by atoms with Crippen LogP contribution in [0.5, 0.6) is 5.75 Å². The van der Waals surface area contributed by atoms with E-state index in [1.165, 1.54) is 0 Å². The van der Waals surface area contributed by atoms with E-state index < -0.39 is 6.10 Å². The van der Waals surface area contributed by atoms with Crippen molar-refractivity contribution in [2.24, 2.45) is 0 Å². The van der Waals surface area contributed by atoms with Gasteiger partial charge in [0.2, 0.25) is 0 Å². The van der Waals surface area contributed by atoms with Crippen LogP contribution in [0, 0.1) is 13.8 Å². The van der Waals surface area contributed by atoms with Crippen molar-refractivity contribution in [3.63, 3.8) is 0 Å². The van der Waals surface area contributed by atoms with E-state index in [4.69, 9.17) is 15.2 Å². The van der Waals surface area contributed by atoms with Crippen LogP contribution in [0.2, 0.25) is 0 Å². The van der Waals surface area contributed by atoms with E-state index >= 15 is 0 Å². The minimum atomic E-state index is -0.557. The van der Waals surface area contributed by atoms with Crippen molar-refractivity contribution in [3.05, 3.63) is 23.3 Å². The van der Waals surface area contributed by atoms with Crippen molar-refractivity contribution in [1.29, 1.82) is 0 Å². The molecule has 5 heteroatoms. The third-order valence-electron chi connectivity index (χ3n) is 2.84. The molecule has 1 aromatic carbocycles. The summed E-state index contributed by atoms with van der Waals surface area (Å²) in [5, 5.41) is 2.74. The predicted octanol–water partition coefficient (Wildman–Crippen LogP) is 1.42. The van der Waals surface area contributed by atoms with Crippen LogP contribution in [0.25, 0.3) is 0 Å². The van der Waals surface area contributed by atoms with Crippen LogP contribution in [0.3, 0.4) is 0 Å². The molecule has 3 N–H and O–H groups in total. The first kappa shape index (κ1) is 15.3. The number of amides is 1. The van der Waals surface area contributed by atoms with Crippen molar-refractivity contribution >= 4 is 11.6 Å². The number of methoxy groups -OCH3 is 1. The Morgan fingerprint density at radius 3 is 2.68 bits per heavy atom. The summed E-state index contributed by atoms with van der Waals surface area (Å²) in [4.78, 5) is 11.8. The lowest BCUT2D eigenvalue weighted by atomic mass is 10.1. The van der Waals surface area contributed by atoms with Gasteiger partial charge in [-0.05, 0) is 44.0 Å². The molecule has 0 heterocycles. The number of nitrogens with one attached hydrogen (secondary N) is 1. The van der Waals surface area contributed by atoms with Crippen LogP contribution in [0.15, 0.2) is 12.1 Å². The molecule has 1 aromatic rings. The van der Waals surface area contributed by atoms with E-state index in [0.717, 1.165) is 16.8 Å². The number of nitrogens with two attached hydrogens (primary N) is 1. The van der Waals surface area contributed by atoms with Crippen molar-refractivity contribution in [1.82, 2.24) is 5.32 Å². The second kappa shape index (κ2) is 6.99. The maximum absolute atomic E-state index is 11.8. The summed E-state index contributed by atoms with van der Waals surface area (Å²) in [6.45, 7) is 6.49. The maximum Gasteiger partial charge on any atom is 0.260 e. The normalized spacial score (nSPS) is 12.0. The molecule has 0 saturated heterocycles. The molecule has 0 aliphatic heterocycles. The summed E-state index contributed by atoms with van der Waals surface area (Å²) in [7, 11) is 1.59. The Bertz CT molecular complexity index is 447. The molecule has 5 nitrogen and oxygen atoms in total. The summed E-state index contributed by atoms with van der Waals surface area (Å²) in [5.74, 6) is 0.520. The van der Waals surface area contributed by atoms with E-state index in [0.29, 0.717) is 18.9 Å². The second-order valence-corrected chi connectivity index (χ2v) is 4.52. The van der Waals surface area contributed by atoms with E-state index in [2.05, 4.69) is 5.32 Å². The fraction of sp³-hybridized carbons (Fsp3) is 0.500. The molecule has 1 unspecified atom stereocenters. The molecule has 0 saturated carbocycles. The highest BCUT2D eigenvalue weighted by atomic mass is 16.5. The maximum atomic E-state index is 11.8. The second-order valence-electron chi connectivity index (χ2n) is 4.52. The Kier molecular flexibility index (Phi) is 5.63. The molecule has 0 fully saturated rings. The first-order chi connectivity index (χ1) is 8.95. The van der Waals surface area contributed by atoms with Crippen molar-refractivity contribution < 1.29 is 14.3 Å². The monoisotopic (exact) mass is 266 g/mol. The smallest absolute Gasteiger partial charge is 0.260 e. The van der Waals surface area contributed by atoms with Gasteiger partial charge in [0.15, 0.2) is 6.10 Å². The predicted molar refractivity (Wildman–Crippen MR) is 75.3 cm³/mol. The minimum Gasteiger partial charge on any atom is -0.481 e. The van der Waals surface area contributed by atoms with Gasteiger partial charge in [-0.2, -0.15) is 0 Å². The van der Waals surface area contributed by atoms with Gasteiger partial charge < -0.3 is 20.5 Å². The third-order valence-corrected chi connectivity index (χ3v) is 2.84. The van der Waals surface area contributed by atoms with Crippen LogP contribution in [0.1, 0.15) is 18.1 Å². The standard InChI is InChI=1S/C14H22N2O3/c1-9-8-13(10(2)7-12(9)15)19-11(3)14(17)16-5-6-18-4/h7-8,11H,5-6,15H2,1-4H3,(H,16,17). The summed E-state index contributed by atoms with van der Waals surface area (Å²) >= 11 is 0. The topological polar surface area (TPSA) is 73.6 Å². The molecule has 0 aliphatic rings. The van der Waals surface area contributed by atoms with Crippen molar-refractivity contribution in [2.75, 3.05) is 26.0 Å². The van der Waals surface area contributed by atoms with Crippen LogP contribution in [0.4, 0.5) is 5.69 Å². The molecule has 0 aromatic heterocycles. The molecule has 0 aliphatic carbocycles. The Morgan fingerprint density at radius 2 is 2.05 bits per heavy atom. The molecule has 19 heavy (non-hydrogen) atoms. The van der Waals surface area contributed by atoms with Gasteiger partial charge in [-0.25, -0.2) is 0 Å². The highest BCUT2D eigenvalue weighted by Gasteiger charge is 2.15. The molecular formula is C14H22N2O3. The fourth-order valence-electron chi connectivity index (χ4n) is 1.60. The van der Waals surface area contributed by atoms with Crippen LogP contribution >= 0.6 is 0 Å². The SMILES string of the molecule is COCCNC(=O)C(C)Oc1cc(C)c(N)cc1C. The summed E-state index contributed by atoms with van der Waals surface area (Å²) in [6, 6.07) is 3.70. The Labute approximate surface area is 114 Å². The largest absolute Gasteiger partial charge is 0.481 e. The van der Waals surface area contributed by atoms with Crippen LogP contribution in [-0.4, -0.2) is 32.3 Å². The van der Waals surface area contributed by atoms with Gasteiger partial charge >= 0.3 is 0 Å². The highest BCUT2D eigenvalue weighted by Crippen LogP contribution is 2.25. The fourth-order valence-corrected chi connectivity index (χ4v) is 1.60.